The molecule has 35 heavy (non-hydrogen) atoms. The van der Waals surface area contributed by atoms with Gasteiger partial charge in [0.05, 0.1) is 12.1 Å². The number of nitrogens with one attached hydrogen (secondary N) is 1. The molecule has 1 N–H and O–H groups in total. The van der Waals surface area contributed by atoms with Gasteiger partial charge in [0, 0.05) is 22.3 Å². The molecule has 0 bridgehead atoms. The number of amides is 1. The lowest BCUT2D eigenvalue weighted by atomic mass is 10.1. The van der Waals surface area contributed by atoms with Crippen molar-refractivity contribution in [2.45, 2.75) is 26.3 Å². The van der Waals surface area contributed by atoms with Gasteiger partial charge in [0.2, 0.25) is 0 Å². The van der Waals surface area contributed by atoms with Crippen LogP contribution in [0.25, 0.3) is 0 Å². The molecule has 0 aliphatic heterocycles. The Morgan fingerprint density at radius 3 is 2.46 bits per heavy atom. The number of nitrogens with zero attached hydrogens (tertiary/aromatic N) is 2. The Balaban J connectivity index is 1.41. The molecule has 5 nitrogen and oxygen atoms in total. The van der Waals surface area contributed by atoms with E-state index < -0.39 is 11.7 Å². The van der Waals surface area contributed by atoms with Gasteiger partial charge in [-0.1, -0.05) is 35.9 Å². The first-order valence-electron chi connectivity index (χ1n) is 10.7. The number of ether oxygens (including phenoxy) is 1. The van der Waals surface area contributed by atoms with E-state index in [4.69, 9.17) is 16.3 Å². The molecule has 4 rings (SSSR count). The number of aromatic nitrogens is 2. The van der Waals surface area contributed by atoms with Crippen molar-refractivity contribution in [3.05, 3.63) is 112 Å². The first kappa shape index (κ1) is 24.3. The zero-order valence-electron chi connectivity index (χ0n) is 18.6. The number of hydrogen-bond acceptors (Lipinski definition) is 3. The number of anilines is 1. The molecule has 9 heteroatoms. The quantitative estimate of drug-likeness (QED) is 0.306. The van der Waals surface area contributed by atoms with Crippen LogP contribution < -0.4 is 10.1 Å². The number of hydrogen-bond donors (Lipinski definition) is 1. The van der Waals surface area contributed by atoms with Crippen molar-refractivity contribution in [2.24, 2.45) is 0 Å². The van der Waals surface area contributed by atoms with Gasteiger partial charge in [-0.25, -0.2) is 0 Å². The van der Waals surface area contributed by atoms with E-state index in [9.17, 15) is 18.0 Å². The van der Waals surface area contributed by atoms with Crippen LogP contribution >= 0.6 is 11.6 Å². The molecule has 0 aliphatic rings. The van der Waals surface area contributed by atoms with E-state index >= 15 is 0 Å². The maximum Gasteiger partial charge on any atom is 0.416 e. The smallest absolute Gasteiger partial charge is 0.416 e. The highest BCUT2D eigenvalue weighted by Gasteiger charge is 2.30. The van der Waals surface area contributed by atoms with E-state index in [1.807, 2.05) is 6.07 Å². The summed E-state index contributed by atoms with van der Waals surface area (Å²) in [5.74, 6) is 0.607. The lowest BCUT2D eigenvalue weighted by molar-refractivity contribution is -0.137. The second kappa shape index (κ2) is 10.2. The van der Waals surface area contributed by atoms with Crippen molar-refractivity contribution in [2.75, 3.05) is 5.32 Å². The SMILES string of the molecule is Cc1cc(NC(=O)c2cccc(COc3ccc(Cl)cc3)c2)nn1Cc1cccc(C(F)(F)F)c1. The maximum absolute atomic E-state index is 13.0. The number of carbonyl (C=O) groups is 1. The summed E-state index contributed by atoms with van der Waals surface area (Å²) < 4.78 is 46.2. The minimum absolute atomic E-state index is 0.142. The van der Waals surface area contributed by atoms with Crippen LogP contribution in [0.3, 0.4) is 0 Å². The van der Waals surface area contributed by atoms with E-state index in [0.29, 0.717) is 33.4 Å². The highest BCUT2D eigenvalue weighted by Crippen LogP contribution is 2.29. The van der Waals surface area contributed by atoms with Gasteiger partial charge in [-0.05, 0) is 66.6 Å². The third-order valence-electron chi connectivity index (χ3n) is 5.22. The first-order chi connectivity index (χ1) is 16.7. The number of aryl methyl sites for hydroxylation is 1. The molecule has 1 aromatic heterocycles. The summed E-state index contributed by atoms with van der Waals surface area (Å²) in [4.78, 5) is 12.8. The molecule has 0 unspecified atom stereocenters. The van der Waals surface area contributed by atoms with Crippen molar-refractivity contribution in [3.63, 3.8) is 0 Å². The Morgan fingerprint density at radius 1 is 1.00 bits per heavy atom. The van der Waals surface area contributed by atoms with Crippen LogP contribution in [0.15, 0.2) is 78.9 Å². The predicted octanol–water partition coefficient (Wildman–Crippen LogP) is 6.74. The molecule has 3 aromatic carbocycles. The lowest BCUT2D eigenvalue weighted by Crippen LogP contribution is -2.13. The fourth-order valence-electron chi connectivity index (χ4n) is 3.44. The van der Waals surface area contributed by atoms with Gasteiger partial charge >= 0.3 is 6.18 Å². The number of carbonyl (C=O) groups excluding carboxylic acids is 1. The summed E-state index contributed by atoms with van der Waals surface area (Å²) >= 11 is 5.88. The molecule has 0 fully saturated rings. The Labute approximate surface area is 205 Å². The van der Waals surface area contributed by atoms with Gasteiger partial charge in [-0.15, -0.1) is 0 Å². The van der Waals surface area contributed by atoms with Crippen molar-refractivity contribution in [3.8, 4) is 5.75 Å². The van der Waals surface area contributed by atoms with Gasteiger partial charge in [-0.3, -0.25) is 9.48 Å². The van der Waals surface area contributed by atoms with Gasteiger partial charge in [0.1, 0.15) is 12.4 Å². The maximum atomic E-state index is 13.0. The van der Waals surface area contributed by atoms with Gasteiger partial charge in [0.25, 0.3) is 5.91 Å². The highest BCUT2D eigenvalue weighted by atomic mass is 35.5. The summed E-state index contributed by atoms with van der Waals surface area (Å²) in [7, 11) is 0. The van der Waals surface area contributed by atoms with Gasteiger partial charge in [-0.2, -0.15) is 18.3 Å². The van der Waals surface area contributed by atoms with E-state index in [1.165, 1.54) is 6.07 Å². The van der Waals surface area contributed by atoms with Crippen LogP contribution in [0.1, 0.15) is 32.7 Å². The standard InChI is InChI=1S/C26H21ClF3N3O2/c1-17-12-24(32-33(17)15-18-4-3-7-21(14-18)26(28,29)30)31-25(34)20-6-2-5-19(13-20)16-35-23-10-8-22(27)9-11-23/h2-14H,15-16H2,1H3,(H,31,32,34). The molecule has 4 aromatic rings. The molecular formula is C26H21ClF3N3O2. The second-order valence-corrected chi connectivity index (χ2v) is 8.36. The molecule has 1 amide bonds. The molecule has 0 radical (unpaired) electrons. The summed E-state index contributed by atoms with van der Waals surface area (Å²) in [6.07, 6.45) is -4.41. The fourth-order valence-corrected chi connectivity index (χ4v) is 3.56. The molecule has 0 aliphatic carbocycles. The summed E-state index contributed by atoms with van der Waals surface area (Å²) in [6.45, 7) is 2.18. The second-order valence-electron chi connectivity index (χ2n) is 7.92. The average molecular weight is 500 g/mol. The minimum Gasteiger partial charge on any atom is -0.489 e. The van der Waals surface area contributed by atoms with Crippen molar-refractivity contribution >= 4 is 23.3 Å². The number of halogens is 4. The fraction of sp³-hybridized carbons (Fsp3) is 0.154. The van der Waals surface area contributed by atoms with Crippen molar-refractivity contribution in [1.82, 2.24) is 9.78 Å². The monoisotopic (exact) mass is 499 g/mol. The van der Waals surface area contributed by atoms with Crippen LogP contribution in [-0.2, 0) is 19.3 Å². The van der Waals surface area contributed by atoms with Crippen LogP contribution in [0.2, 0.25) is 5.02 Å². The molecule has 0 atom stereocenters. The molecule has 1 heterocycles. The summed E-state index contributed by atoms with van der Waals surface area (Å²) in [6, 6.07) is 20.7. The number of rotatable bonds is 7. The molecule has 0 saturated carbocycles. The Hall–Kier alpha value is -3.78. The van der Waals surface area contributed by atoms with E-state index in [2.05, 4.69) is 10.4 Å². The van der Waals surface area contributed by atoms with E-state index in [1.54, 1.807) is 66.2 Å². The zero-order valence-corrected chi connectivity index (χ0v) is 19.4. The molecule has 180 valence electrons. The van der Waals surface area contributed by atoms with Crippen LogP contribution in [-0.4, -0.2) is 15.7 Å². The largest absolute Gasteiger partial charge is 0.489 e. The van der Waals surface area contributed by atoms with E-state index in [-0.39, 0.29) is 19.1 Å². The minimum atomic E-state index is -4.41. The van der Waals surface area contributed by atoms with Crippen LogP contribution in [0, 0.1) is 6.92 Å². The number of alkyl halides is 3. The normalized spacial score (nSPS) is 11.3. The molecule has 0 saturated heterocycles. The van der Waals surface area contributed by atoms with Crippen LogP contribution in [0.4, 0.5) is 19.0 Å². The lowest BCUT2D eigenvalue weighted by Gasteiger charge is -2.10. The topological polar surface area (TPSA) is 56.1 Å². The average Bonchev–Trinajstić information content (AvgIpc) is 3.16. The third kappa shape index (κ3) is 6.42. The summed E-state index contributed by atoms with van der Waals surface area (Å²) in [5.41, 5.74) is 1.67. The van der Waals surface area contributed by atoms with E-state index in [0.717, 1.165) is 17.7 Å². The Bertz CT molecular complexity index is 1330. The first-order valence-corrected chi connectivity index (χ1v) is 11.0. The van der Waals surface area contributed by atoms with Crippen molar-refractivity contribution < 1.29 is 22.7 Å². The van der Waals surface area contributed by atoms with Gasteiger partial charge < -0.3 is 10.1 Å². The highest BCUT2D eigenvalue weighted by molar-refractivity contribution is 6.30. The molecular weight excluding hydrogens is 479 g/mol. The Morgan fingerprint density at radius 2 is 1.71 bits per heavy atom. The van der Waals surface area contributed by atoms with Crippen molar-refractivity contribution in [1.29, 1.82) is 0 Å². The third-order valence-corrected chi connectivity index (χ3v) is 5.47. The van der Waals surface area contributed by atoms with Gasteiger partial charge in [0.15, 0.2) is 5.82 Å². The zero-order chi connectivity index (χ0) is 25.0. The predicted molar refractivity (Wildman–Crippen MR) is 128 cm³/mol. The molecule has 0 spiro atoms. The van der Waals surface area contributed by atoms with Crippen LogP contribution in [0.5, 0.6) is 5.75 Å². The summed E-state index contributed by atoms with van der Waals surface area (Å²) in [5, 5.41) is 7.69. The number of benzene rings is 3. The Kier molecular flexibility index (Phi) is 7.12.